The monoisotopic (exact) mass is 191 g/mol. The maximum Gasteiger partial charge on any atom is 0.0315 e. The van der Waals surface area contributed by atoms with Gasteiger partial charge >= 0.3 is 0 Å². The van der Waals surface area contributed by atoms with Crippen molar-refractivity contribution in [3.63, 3.8) is 0 Å². The summed E-state index contributed by atoms with van der Waals surface area (Å²) in [6.07, 6.45) is 5.15. The summed E-state index contributed by atoms with van der Waals surface area (Å²) in [6.45, 7) is 3.13. The van der Waals surface area contributed by atoms with Crippen molar-refractivity contribution in [3.05, 3.63) is 29.1 Å². The van der Waals surface area contributed by atoms with Gasteiger partial charge in [0.05, 0.1) is 0 Å². The van der Waals surface area contributed by atoms with Crippen LogP contribution in [0.5, 0.6) is 0 Å². The van der Waals surface area contributed by atoms with Gasteiger partial charge in [0.2, 0.25) is 0 Å². The van der Waals surface area contributed by atoms with Gasteiger partial charge < -0.3 is 10.2 Å². The molecule has 76 valence electrons. The summed E-state index contributed by atoms with van der Waals surface area (Å²) in [4.78, 5) is 6.62. The highest BCUT2D eigenvalue weighted by Gasteiger charge is 2.15. The Kier molecular flexibility index (Phi) is 2.79. The Morgan fingerprint density at radius 2 is 2.36 bits per heavy atom. The van der Waals surface area contributed by atoms with Crippen molar-refractivity contribution < 1.29 is 0 Å². The van der Waals surface area contributed by atoms with E-state index in [4.69, 9.17) is 0 Å². The molecular weight excluding hydrogens is 174 g/mol. The van der Waals surface area contributed by atoms with E-state index in [2.05, 4.69) is 22.2 Å². The van der Waals surface area contributed by atoms with Crippen LogP contribution in [-0.4, -0.2) is 30.5 Å². The van der Waals surface area contributed by atoms with Crippen LogP contribution in [0.4, 0.5) is 0 Å². The van der Waals surface area contributed by atoms with Gasteiger partial charge in [0, 0.05) is 32.0 Å². The minimum Gasteiger partial charge on any atom is -0.316 e. The highest BCUT2D eigenvalue weighted by atomic mass is 15.1. The number of nitrogens with zero attached hydrogens (tertiary/aromatic N) is 2. The lowest BCUT2D eigenvalue weighted by atomic mass is 9.97. The number of hydrogen-bond acceptors (Lipinski definition) is 3. The lowest BCUT2D eigenvalue weighted by Gasteiger charge is -2.26. The molecule has 1 aromatic rings. The van der Waals surface area contributed by atoms with Crippen LogP contribution in [0.1, 0.15) is 16.7 Å². The van der Waals surface area contributed by atoms with Crippen LogP contribution in [0.25, 0.3) is 0 Å². The fraction of sp³-hybridized carbons (Fsp3) is 0.545. The minimum atomic E-state index is 0.930. The third kappa shape index (κ3) is 1.79. The van der Waals surface area contributed by atoms with E-state index < -0.39 is 0 Å². The number of fused-ring (bicyclic) bond motifs is 1. The van der Waals surface area contributed by atoms with E-state index in [0.717, 1.165) is 26.1 Å². The average Bonchev–Trinajstić information content (AvgIpc) is 2.18. The van der Waals surface area contributed by atoms with Crippen molar-refractivity contribution in [1.82, 2.24) is 15.2 Å². The Bertz CT molecular complexity index is 308. The van der Waals surface area contributed by atoms with Crippen LogP contribution in [0.3, 0.4) is 0 Å². The molecule has 0 radical (unpaired) electrons. The van der Waals surface area contributed by atoms with Gasteiger partial charge in [-0.25, -0.2) is 0 Å². The molecule has 0 unspecified atom stereocenters. The molecule has 14 heavy (non-hydrogen) atoms. The standard InChI is InChI=1S/C11H17N3/c1-12-5-9-6-13-7-10-8-14(2)4-3-11(9)10/h6-7,12H,3-5,8H2,1-2H3. The van der Waals surface area contributed by atoms with Gasteiger partial charge in [0.1, 0.15) is 0 Å². The highest BCUT2D eigenvalue weighted by molar-refractivity contribution is 5.33. The maximum absolute atomic E-state index is 4.28. The summed E-state index contributed by atoms with van der Waals surface area (Å²) in [5, 5.41) is 3.19. The molecule has 0 fully saturated rings. The zero-order valence-corrected chi connectivity index (χ0v) is 8.88. The van der Waals surface area contributed by atoms with Crippen molar-refractivity contribution in [2.24, 2.45) is 0 Å². The summed E-state index contributed by atoms with van der Waals surface area (Å²) in [5.74, 6) is 0. The van der Waals surface area contributed by atoms with Crippen LogP contribution in [0.2, 0.25) is 0 Å². The summed E-state index contributed by atoms with van der Waals surface area (Å²) in [6, 6.07) is 0. The second-order valence-electron chi connectivity index (χ2n) is 3.95. The quantitative estimate of drug-likeness (QED) is 0.749. The first-order valence-corrected chi connectivity index (χ1v) is 5.09. The maximum atomic E-state index is 4.28. The van der Waals surface area contributed by atoms with Crippen LogP contribution in [-0.2, 0) is 19.5 Å². The summed E-state index contributed by atoms with van der Waals surface area (Å²) in [7, 11) is 4.14. The average molecular weight is 191 g/mol. The van der Waals surface area contributed by atoms with Gasteiger partial charge in [0.15, 0.2) is 0 Å². The molecule has 2 rings (SSSR count). The fourth-order valence-corrected chi connectivity index (χ4v) is 2.05. The summed E-state index contributed by atoms with van der Waals surface area (Å²) < 4.78 is 0. The van der Waals surface area contributed by atoms with E-state index >= 15 is 0 Å². The van der Waals surface area contributed by atoms with Gasteiger partial charge in [-0.3, -0.25) is 4.98 Å². The smallest absolute Gasteiger partial charge is 0.0315 e. The number of aromatic nitrogens is 1. The third-order valence-electron chi connectivity index (χ3n) is 2.79. The Morgan fingerprint density at radius 3 is 3.14 bits per heavy atom. The number of pyridine rings is 1. The first kappa shape index (κ1) is 9.62. The van der Waals surface area contributed by atoms with E-state index in [1.54, 1.807) is 0 Å². The van der Waals surface area contributed by atoms with Crippen molar-refractivity contribution in [1.29, 1.82) is 0 Å². The first-order chi connectivity index (χ1) is 6.81. The summed E-state index contributed by atoms with van der Waals surface area (Å²) in [5.41, 5.74) is 4.26. The molecule has 0 atom stereocenters. The highest BCUT2D eigenvalue weighted by Crippen LogP contribution is 2.20. The largest absolute Gasteiger partial charge is 0.316 e. The molecule has 0 aliphatic carbocycles. The van der Waals surface area contributed by atoms with Crippen molar-refractivity contribution in [2.75, 3.05) is 20.6 Å². The summed E-state index contributed by atoms with van der Waals surface area (Å²) >= 11 is 0. The minimum absolute atomic E-state index is 0.930. The fourth-order valence-electron chi connectivity index (χ4n) is 2.05. The molecule has 2 heterocycles. The predicted octanol–water partition coefficient (Wildman–Crippen LogP) is 0.789. The predicted molar refractivity (Wildman–Crippen MR) is 57.0 cm³/mol. The molecule has 1 aromatic heterocycles. The molecule has 0 spiro atoms. The molecule has 0 bridgehead atoms. The zero-order chi connectivity index (χ0) is 9.97. The molecule has 3 nitrogen and oxygen atoms in total. The van der Waals surface area contributed by atoms with E-state index in [-0.39, 0.29) is 0 Å². The molecule has 1 aliphatic heterocycles. The van der Waals surface area contributed by atoms with Crippen LogP contribution in [0, 0.1) is 0 Å². The molecule has 0 aromatic carbocycles. The van der Waals surface area contributed by atoms with Crippen LogP contribution in [0.15, 0.2) is 12.4 Å². The molecule has 3 heteroatoms. The number of likely N-dealkylation sites (N-methyl/N-ethyl adjacent to an activating group) is 1. The topological polar surface area (TPSA) is 28.2 Å². The molecule has 0 amide bonds. The Balaban J connectivity index is 2.31. The van der Waals surface area contributed by atoms with Gasteiger partial charge in [0.25, 0.3) is 0 Å². The van der Waals surface area contributed by atoms with E-state index in [9.17, 15) is 0 Å². The second-order valence-corrected chi connectivity index (χ2v) is 3.95. The molecule has 1 N–H and O–H groups in total. The van der Waals surface area contributed by atoms with Gasteiger partial charge in [-0.05, 0) is 37.2 Å². The van der Waals surface area contributed by atoms with Crippen molar-refractivity contribution in [2.45, 2.75) is 19.5 Å². The van der Waals surface area contributed by atoms with Gasteiger partial charge in [-0.1, -0.05) is 0 Å². The molecular formula is C11H17N3. The van der Waals surface area contributed by atoms with E-state index in [1.165, 1.54) is 16.7 Å². The Morgan fingerprint density at radius 1 is 1.50 bits per heavy atom. The normalized spacial score (nSPS) is 16.7. The lowest BCUT2D eigenvalue weighted by Crippen LogP contribution is -2.28. The number of rotatable bonds is 2. The Hall–Kier alpha value is -0.930. The van der Waals surface area contributed by atoms with Gasteiger partial charge in [-0.2, -0.15) is 0 Å². The molecule has 1 aliphatic rings. The number of nitrogens with one attached hydrogen (secondary N) is 1. The second kappa shape index (κ2) is 4.07. The SMILES string of the molecule is CNCc1cncc2c1CCN(C)C2. The number of hydrogen-bond donors (Lipinski definition) is 1. The first-order valence-electron chi connectivity index (χ1n) is 5.09. The van der Waals surface area contributed by atoms with Crippen molar-refractivity contribution in [3.8, 4) is 0 Å². The Labute approximate surface area is 85.1 Å². The van der Waals surface area contributed by atoms with Gasteiger partial charge in [-0.15, -0.1) is 0 Å². The van der Waals surface area contributed by atoms with Crippen LogP contribution >= 0.6 is 0 Å². The van der Waals surface area contributed by atoms with Crippen LogP contribution < -0.4 is 5.32 Å². The lowest BCUT2D eigenvalue weighted by molar-refractivity contribution is 0.311. The molecule has 0 saturated heterocycles. The zero-order valence-electron chi connectivity index (χ0n) is 8.88. The van der Waals surface area contributed by atoms with E-state index in [1.807, 2.05) is 19.4 Å². The van der Waals surface area contributed by atoms with Crippen molar-refractivity contribution >= 4 is 0 Å². The third-order valence-corrected chi connectivity index (χ3v) is 2.79. The molecule has 0 saturated carbocycles. The van der Waals surface area contributed by atoms with E-state index in [0.29, 0.717) is 0 Å².